The fraction of sp³-hybridized carbons (Fsp3) is 0.500. The molecule has 1 aliphatic rings. The first-order chi connectivity index (χ1) is 12.6. The summed E-state index contributed by atoms with van der Waals surface area (Å²) >= 11 is 0. The van der Waals surface area contributed by atoms with E-state index >= 15 is 0 Å². The van der Waals surface area contributed by atoms with Crippen molar-refractivity contribution < 1.29 is 0 Å². The minimum Gasteiger partial charge on any atom is -0.301 e. The minimum absolute atomic E-state index is 0.671. The third-order valence-corrected chi connectivity index (χ3v) is 5.32. The van der Waals surface area contributed by atoms with Gasteiger partial charge >= 0.3 is 0 Å². The van der Waals surface area contributed by atoms with Gasteiger partial charge < -0.3 is 4.90 Å². The molecule has 26 heavy (non-hydrogen) atoms. The fourth-order valence-electron chi connectivity index (χ4n) is 3.36. The molecule has 2 aromatic rings. The molecule has 2 nitrogen and oxygen atoms in total. The van der Waals surface area contributed by atoms with Gasteiger partial charge in [0, 0.05) is 32.2 Å². The lowest BCUT2D eigenvalue weighted by Crippen LogP contribution is -2.49. The Labute approximate surface area is 160 Å². The van der Waals surface area contributed by atoms with E-state index in [1.807, 2.05) is 18.2 Å². The van der Waals surface area contributed by atoms with E-state index in [1.165, 1.54) is 50.3 Å². The van der Waals surface area contributed by atoms with E-state index < -0.39 is 0 Å². The lowest BCUT2D eigenvalue weighted by Gasteiger charge is -2.37. The molecule has 0 bridgehead atoms. The Kier molecular flexibility index (Phi) is 8.87. The van der Waals surface area contributed by atoms with Gasteiger partial charge in [0.15, 0.2) is 0 Å². The Bertz CT molecular complexity index is 586. The molecule has 1 atom stereocenters. The lowest BCUT2D eigenvalue weighted by molar-refractivity contribution is 0.106. The van der Waals surface area contributed by atoms with E-state index in [-0.39, 0.29) is 0 Å². The largest absolute Gasteiger partial charge is 0.301 e. The Morgan fingerprint density at radius 2 is 1.31 bits per heavy atom. The van der Waals surface area contributed by atoms with Gasteiger partial charge in [0.25, 0.3) is 0 Å². The van der Waals surface area contributed by atoms with Crippen molar-refractivity contribution in [1.29, 1.82) is 0 Å². The molecule has 1 saturated heterocycles. The zero-order chi connectivity index (χ0) is 18.8. The van der Waals surface area contributed by atoms with Gasteiger partial charge in [0.2, 0.25) is 0 Å². The SMILES string of the molecule is CC(CCN1CCN(C(C)C)CC1)c1ccccc1.Cc1ccccc1. The number of aryl methyl sites for hydroxylation is 1. The normalized spacial score (nSPS) is 16.8. The van der Waals surface area contributed by atoms with E-state index in [4.69, 9.17) is 0 Å². The number of hydrogen-bond donors (Lipinski definition) is 0. The van der Waals surface area contributed by atoms with Crippen LogP contribution in [0.2, 0.25) is 0 Å². The molecule has 0 aliphatic carbocycles. The van der Waals surface area contributed by atoms with E-state index in [9.17, 15) is 0 Å². The Morgan fingerprint density at radius 3 is 1.77 bits per heavy atom. The molecule has 0 amide bonds. The quantitative estimate of drug-likeness (QED) is 0.729. The highest BCUT2D eigenvalue weighted by Gasteiger charge is 2.18. The fourth-order valence-corrected chi connectivity index (χ4v) is 3.36. The van der Waals surface area contributed by atoms with Crippen molar-refractivity contribution in [3.63, 3.8) is 0 Å². The molecule has 0 saturated carbocycles. The summed E-state index contributed by atoms with van der Waals surface area (Å²) in [4.78, 5) is 5.20. The van der Waals surface area contributed by atoms with Gasteiger partial charge in [0.05, 0.1) is 0 Å². The Hall–Kier alpha value is -1.64. The average molecular weight is 353 g/mol. The summed E-state index contributed by atoms with van der Waals surface area (Å²) in [5, 5.41) is 0. The molecular weight excluding hydrogens is 316 g/mol. The highest BCUT2D eigenvalue weighted by molar-refractivity contribution is 5.18. The zero-order valence-electron chi connectivity index (χ0n) is 17.1. The highest BCUT2D eigenvalue weighted by atomic mass is 15.3. The maximum absolute atomic E-state index is 2.62. The van der Waals surface area contributed by atoms with Crippen LogP contribution in [0.4, 0.5) is 0 Å². The van der Waals surface area contributed by atoms with Gasteiger partial charge in [-0.1, -0.05) is 73.2 Å². The molecule has 0 N–H and O–H groups in total. The zero-order valence-corrected chi connectivity index (χ0v) is 17.1. The second-order valence-corrected chi connectivity index (χ2v) is 7.73. The van der Waals surface area contributed by atoms with Crippen molar-refractivity contribution in [1.82, 2.24) is 9.80 Å². The number of benzene rings is 2. The molecule has 2 aromatic carbocycles. The molecule has 0 radical (unpaired) electrons. The molecular formula is C24H36N2. The third kappa shape index (κ3) is 7.31. The first-order valence-corrected chi connectivity index (χ1v) is 10.1. The Morgan fingerprint density at radius 1 is 0.769 bits per heavy atom. The second-order valence-electron chi connectivity index (χ2n) is 7.73. The summed E-state index contributed by atoms with van der Waals surface area (Å²) in [5.74, 6) is 0.671. The monoisotopic (exact) mass is 352 g/mol. The molecule has 1 fully saturated rings. The van der Waals surface area contributed by atoms with Gasteiger partial charge in [0.1, 0.15) is 0 Å². The maximum atomic E-state index is 2.62. The minimum atomic E-state index is 0.671. The van der Waals surface area contributed by atoms with E-state index in [0.29, 0.717) is 12.0 Å². The maximum Gasteiger partial charge on any atom is 0.0113 e. The predicted octanol–water partition coefficient (Wildman–Crippen LogP) is 5.20. The van der Waals surface area contributed by atoms with Gasteiger partial charge in [-0.15, -0.1) is 0 Å². The summed E-state index contributed by atoms with van der Waals surface area (Å²) in [6, 6.07) is 21.9. The van der Waals surface area contributed by atoms with E-state index in [1.54, 1.807) is 0 Å². The number of piperazine rings is 1. The van der Waals surface area contributed by atoms with Crippen LogP contribution in [0.15, 0.2) is 60.7 Å². The molecule has 142 valence electrons. The molecule has 0 aromatic heterocycles. The Balaban J connectivity index is 0.000000290. The van der Waals surface area contributed by atoms with Gasteiger partial charge in [-0.25, -0.2) is 0 Å². The number of hydrogen-bond acceptors (Lipinski definition) is 2. The summed E-state index contributed by atoms with van der Waals surface area (Å²) < 4.78 is 0. The van der Waals surface area contributed by atoms with Crippen molar-refractivity contribution in [2.24, 2.45) is 0 Å². The smallest absolute Gasteiger partial charge is 0.0113 e. The molecule has 3 rings (SSSR count). The number of nitrogens with zero attached hydrogens (tertiary/aromatic N) is 2. The first kappa shape index (κ1) is 20.7. The topological polar surface area (TPSA) is 6.48 Å². The van der Waals surface area contributed by atoms with Crippen LogP contribution in [0.25, 0.3) is 0 Å². The summed E-state index contributed by atoms with van der Waals surface area (Å²) in [7, 11) is 0. The van der Waals surface area contributed by atoms with Gasteiger partial charge in [-0.2, -0.15) is 0 Å². The van der Waals surface area contributed by atoms with Crippen LogP contribution in [-0.2, 0) is 0 Å². The van der Waals surface area contributed by atoms with Crippen LogP contribution in [0.3, 0.4) is 0 Å². The molecule has 2 heteroatoms. The van der Waals surface area contributed by atoms with Crippen molar-refractivity contribution in [3.8, 4) is 0 Å². The first-order valence-electron chi connectivity index (χ1n) is 10.1. The molecule has 1 heterocycles. The summed E-state index contributed by atoms with van der Waals surface area (Å²) in [5.41, 5.74) is 2.80. The van der Waals surface area contributed by atoms with Crippen molar-refractivity contribution in [2.45, 2.75) is 46.1 Å². The average Bonchev–Trinajstić information content (AvgIpc) is 2.68. The van der Waals surface area contributed by atoms with Crippen LogP contribution < -0.4 is 0 Å². The standard InChI is InChI=1S/C17H28N2.C7H8/c1-15(2)19-13-11-18(12-14-19)10-9-16(3)17-7-5-4-6-8-17;1-7-5-3-2-4-6-7/h4-8,15-16H,9-14H2,1-3H3;2-6H,1H3. The lowest BCUT2D eigenvalue weighted by atomic mass is 9.97. The van der Waals surface area contributed by atoms with Crippen LogP contribution in [0, 0.1) is 6.92 Å². The molecule has 1 aliphatic heterocycles. The van der Waals surface area contributed by atoms with Crippen LogP contribution in [0.1, 0.15) is 44.2 Å². The van der Waals surface area contributed by atoms with Crippen LogP contribution in [-0.4, -0.2) is 48.6 Å². The van der Waals surface area contributed by atoms with Crippen molar-refractivity contribution >= 4 is 0 Å². The summed E-state index contributed by atoms with van der Waals surface area (Å²) in [6.45, 7) is 15.2. The van der Waals surface area contributed by atoms with Crippen LogP contribution >= 0.6 is 0 Å². The van der Waals surface area contributed by atoms with E-state index in [0.717, 1.165) is 0 Å². The van der Waals surface area contributed by atoms with Gasteiger partial charge in [-0.05, 0) is 45.2 Å². The predicted molar refractivity (Wildman–Crippen MR) is 114 cm³/mol. The summed E-state index contributed by atoms with van der Waals surface area (Å²) in [6.07, 6.45) is 1.27. The molecule has 1 unspecified atom stereocenters. The van der Waals surface area contributed by atoms with Crippen molar-refractivity contribution in [2.75, 3.05) is 32.7 Å². The van der Waals surface area contributed by atoms with E-state index in [2.05, 4.69) is 80.0 Å². The second kappa shape index (κ2) is 11.2. The van der Waals surface area contributed by atoms with Crippen LogP contribution in [0.5, 0.6) is 0 Å². The number of rotatable bonds is 5. The van der Waals surface area contributed by atoms with Gasteiger partial charge in [-0.3, -0.25) is 4.90 Å². The van der Waals surface area contributed by atoms with Crippen molar-refractivity contribution in [3.05, 3.63) is 71.8 Å². The highest BCUT2D eigenvalue weighted by Crippen LogP contribution is 2.19. The molecule has 0 spiro atoms. The third-order valence-electron chi connectivity index (χ3n) is 5.32.